The first kappa shape index (κ1) is 14.9. The highest BCUT2D eigenvalue weighted by Crippen LogP contribution is 2.23. The number of hydrogen-bond acceptors (Lipinski definition) is 2. The van der Waals surface area contributed by atoms with E-state index in [4.69, 9.17) is 11.6 Å². The highest BCUT2D eigenvalue weighted by atomic mass is 35.5. The van der Waals surface area contributed by atoms with E-state index in [1.165, 1.54) is 5.69 Å². The molecule has 2 aromatic carbocycles. The van der Waals surface area contributed by atoms with Gasteiger partial charge in [-0.25, -0.2) is 0 Å². The lowest BCUT2D eigenvalue weighted by Gasteiger charge is -2.18. The Balaban J connectivity index is 1.52. The van der Waals surface area contributed by atoms with Crippen LogP contribution in [-0.4, -0.2) is 25.5 Å². The van der Waals surface area contributed by atoms with Crippen molar-refractivity contribution < 1.29 is 4.79 Å². The molecule has 0 spiro atoms. The number of amides is 1. The smallest absolute Gasteiger partial charge is 0.251 e. The van der Waals surface area contributed by atoms with Gasteiger partial charge in [-0.1, -0.05) is 35.9 Å². The van der Waals surface area contributed by atoms with Gasteiger partial charge in [0.2, 0.25) is 0 Å². The van der Waals surface area contributed by atoms with Crippen molar-refractivity contribution in [1.82, 2.24) is 5.32 Å². The minimum absolute atomic E-state index is 0.0549. The zero-order valence-electron chi connectivity index (χ0n) is 12.3. The lowest BCUT2D eigenvalue weighted by atomic mass is 10.1. The Hall–Kier alpha value is -2.00. The molecule has 114 valence electrons. The third kappa shape index (κ3) is 3.60. The topological polar surface area (TPSA) is 32.3 Å². The molecule has 0 aliphatic carbocycles. The Kier molecular flexibility index (Phi) is 4.64. The van der Waals surface area contributed by atoms with Gasteiger partial charge in [-0.15, -0.1) is 0 Å². The molecule has 3 rings (SSSR count). The molecule has 4 heteroatoms. The Morgan fingerprint density at radius 2 is 2.00 bits per heavy atom. The summed E-state index contributed by atoms with van der Waals surface area (Å²) in [5, 5.41) is 3.60. The van der Waals surface area contributed by atoms with Crippen LogP contribution in [-0.2, 0) is 0 Å². The van der Waals surface area contributed by atoms with Crippen molar-refractivity contribution >= 4 is 23.2 Å². The maximum absolute atomic E-state index is 12.1. The number of nitrogens with one attached hydrogen (secondary N) is 1. The SMILES string of the molecule is O=C(NC[C@@H]1CCN(c2ccccc2)C1)c1cccc(Cl)c1. The molecule has 3 nitrogen and oxygen atoms in total. The van der Waals surface area contributed by atoms with Gasteiger partial charge in [-0.2, -0.15) is 0 Å². The number of carbonyl (C=O) groups excluding carboxylic acids is 1. The van der Waals surface area contributed by atoms with Crippen molar-refractivity contribution in [2.45, 2.75) is 6.42 Å². The summed E-state index contributed by atoms with van der Waals surface area (Å²) in [7, 11) is 0. The van der Waals surface area contributed by atoms with E-state index in [-0.39, 0.29) is 5.91 Å². The molecule has 1 amide bonds. The lowest BCUT2D eigenvalue weighted by molar-refractivity contribution is 0.0948. The molecular formula is C18H19ClN2O. The Morgan fingerprint density at radius 1 is 1.18 bits per heavy atom. The second-order valence-electron chi connectivity index (χ2n) is 5.66. The maximum Gasteiger partial charge on any atom is 0.251 e. The highest BCUT2D eigenvalue weighted by Gasteiger charge is 2.23. The molecule has 0 aromatic heterocycles. The van der Waals surface area contributed by atoms with E-state index in [0.717, 1.165) is 19.5 Å². The largest absolute Gasteiger partial charge is 0.371 e. The summed E-state index contributed by atoms with van der Waals surface area (Å²) >= 11 is 5.92. The molecule has 0 saturated carbocycles. The first-order chi connectivity index (χ1) is 10.7. The predicted molar refractivity (Wildman–Crippen MR) is 90.5 cm³/mol. The summed E-state index contributed by atoms with van der Waals surface area (Å²) < 4.78 is 0. The fourth-order valence-corrected chi connectivity index (χ4v) is 3.03. The molecule has 2 aromatic rings. The number of rotatable bonds is 4. The number of nitrogens with zero attached hydrogens (tertiary/aromatic N) is 1. The van der Waals surface area contributed by atoms with Gasteiger partial charge in [-0.05, 0) is 42.7 Å². The van der Waals surface area contributed by atoms with Crippen LogP contribution < -0.4 is 10.2 Å². The Morgan fingerprint density at radius 3 is 2.77 bits per heavy atom. The van der Waals surface area contributed by atoms with Crippen molar-refractivity contribution in [3.8, 4) is 0 Å². The van der Waals surface area contributed by atoms with Gasteiger partial charge in [0, 0.05) is 35.9 Å². The number of anilines is 1. The summed E-state index contributed by atoms with van der Waals surface area (Å²) in [6, 6.07) is 17.5. The van der Waals surface area contributed by atoms with E-state index in [0.29, 0.717) is 23.0 Å². The molecule has 0 bridgehead atoms. The molecule has 0 unspecified atom stereocenters. The summed E-state index contributed by atoms with van der Waals surface area (Å²) in [6.45, 7) is 2.73. The fraction of sp³-hybridized carbons (Fsp3) is 0.278. The molecule has 1 N–H and O–H groups in total. The van der Waals surface area contributed by atoms with Crippen LogP contribution in [0.3, 0.4) is 0 Å². The number of hydrogen-bond donors (Lipinski definition) is 1. The molecule has 1 aliphatic heterocycles. The fourth-order valence-electron chi connectivity index (χ4n) is 2.84. The molecule has 1 aliphatic rings. The Labute approximate surface area is 135 Å². The van der Waals surface area contributed by atoms with Crippen LogP contribution in [0.2, 0.25) is 5.02 Å². The molecule has 1 atom stereocenters. The second-order valence-corrected chi connectivity index (χ2v) is 6.09. The van der Waals surface area contributed by atoms with E-state index in [9.17, 15) is 4.79 Å². The number of benzene rings is 2. The monoisotopic (exact) mass is 314 g/mol. The van der Waals surface area contributed by atoms with E-state index in [1.807, 2.05) is 6.07 Å². The molecular weight excluding hydrogens is 296 g/mol. The van der Waals surface area contributed by atoms with E-state index in [1.54, 1.807) is 24.3 Å². The minimum atomic E-state index is -0.0549. The van der Waals surface area contributed by atoms with Gasteiger partial charge in [0.05, 0.1) is 0 Å². The normalized spacial score (nSPS) is 17.5. The summed E-state index contributed by atoms with van der Waals surface area (Å²) in [5.74, 6) is 0.434. The number of carbonyl (C=O) groups is 1. The van der Waals surface area contributed by atoms with Crippen molar-refractivity contribution in [1.29, 1.82) is 0 Å². The van der Waals surface area contributed by atoms with Crippen LogP contribution in [0.15, 0.2) is 54.6 Å². The zero-order chi connectivity index (χ0) is 15.4. The van der Waals surface area contributed by atoms with Crippen LogP contribution >= 0.6 is 11.6 Å². The zero-order valence-corrected chi connectivity index (χ0v) is 13.1. The van der Waals surface area contributed by atoms with Crippen molar-refractivity contribution in [2.24, 2.45) is 5.92 Å². The number of halogens is 1. The summed E-state index contributed by atoms with van der Waals surface area (Å²) in [6.07, 6.45) is 1.10. The van der Waals surface area contributed by atoms with Gasteiger partial charge in [0.25, 0.3) is 5.91 Å². The summed E-state index contributed by atoms with van der Waals surface area (Å²) in [5.41, 5.74) is 1.87. The molecule has 0 radical (unpaired) electrons. The van der Waals surface area contributed by atoms with Crippen molar-refractivity contribution in [3.63, 3.8) is 0 Å². The maximum atomic E-state index is 12.1. The predicted octanol–water partition coefficient (Wildman–Crippen LogP) is 3.60. The van der Waals surface area contributed by atoms with Gasteiger partial charge in [-0.3, -0.25) is 4.79 Å². The number of para-hydroxylation sites is 1. The highest BCUT2D eigenvalue weighted by molar-refractivity contribution is 6.30. The minimum Gasteiger partial charge on any atom is -0.371 e. The third-order valence-corrected chi connectivity index (χ3v) is 4.28. The van der Waals surface area contributed by atoms with Crippen LogP contribution in [0, 0.1) is 5.92 Å². The van der Waals surface area contributed by atoms with Gasteiger partial charge >= 0.3 is 0 Å². The quantitative estimate of drug-likeness (QED) is 0.935. The van der Waals surface area contributed by atoms with Gasteiger partial charge in [0.15, 0.2) is 0 Å². The Bertz CT molecular complexity index is 645. The van der Waals surface area contributed by atoms with Crippen molar-refractivity contribution in [2.75, 3.05) is 24.5 Å². The third-order valence-electron chi connectivity index (χ3n) is 4.05. The average Bonchev–Trinajstić information content (AvgIpc) is 3.02. The van der Waals surface area contributed by atoms with E-state index in [2.05, 4.69) is 34.5 Å². The lowest BCUT2D eigenvalue weighted by Crippen LogP contribution is -2.31. The summed E-state index contributed by atoms with van der Waals surface area (Å²) in [4.78, 5) is 14.5. The van der Waals surface area contributed by atoms with Crippen LogP contribution in [0.5, 0.6) is 0 Å². The first-order valence-corrected chi connectivity index (χ1v) is 7.94. The van der Waals surface area contributed by atoms with Gasteiger partial charge < -0.3 is 10.2 Å². The van der Waals surface area contributed by atoms with Crippen LogP contribution in [0.25, 0.3) is 0 Å². The molecule has 1 heterocycles. The first-order valence-electron chi connectivity index (χ1n) is 7.56. The second kappa shape index (κ2) is 6.84. The van der Waals surface area contributed by atoms with Crippen molar-refractivity contribution in [3.05, 3.63) is 65.2 Å². The van der Waals surface area contributed by atoms with E-state index < -0.39 is 0 Å². The molecule has 1 saturated heterocycles. The molecule has 1 fully saturated rings. The average molecular weight is 315 g/mol. The van der Waals surface area contributed by atoms with Gasteiger partial charge in [0.1, 0.15) is 0 Å². The standard InChI is InChI=1S/C18H19ClN2O/c19-16-6-4-5-15(11-16)18(22)20-12-14-9-10-21(13-14)17-7-2-1-3-8-17/h1-8,11,14H,9-10,12-13H2,(H,20,22)/t14-/m0/s1. The van der Waals surface area contributed by atoms with Crippen LogP contribution in [0.1, 0.15) is 16.8 Å². The molecule has 22 heavy (non-hydrogen) atoms. The van der Waals surface area contributed by atoms with E-state index >= 15 is 0 Å². The van der Waals surface area contributed by atoms with Crippen LogP contribution in [0.4, 0.5) is 5.69 Å².